The maximum atomic E-state index is 13.8. The van der Waals surface area contributed by atoms with Crippen molar-refractivity contribution in [3.8, 4) is 0 Å². The minimum absolute atomic E-state index is 0.104. The number of oxime groups is 1. The van der Waals surface area contributed by atoms with Crippen LogP contribution in [0.4, 0.5) is 13.2 Å². The van der Waals surface area contributed by atoms with E-state index < -0.39 is 18.2 Å². The van der Waals surface area contributed by atoms with Crippen molar-refractivity contribution in [2.24, 2.45) is 5.16 Å². The summed E-state index contributed by atoms with van der Waals surface area (Å²) in [6, 6.07) is 7.19. The van der Waals surface area contributed by atoms with Crippen molar-refractivity contribution in [3.05, 3.63) is 54.6 Å². The van der Waals surface area contributed by atoms with Crippen LogP contribution in [-0.2, 0) is 10.4 Å². The molecule has 2 aromatic rings. The zero-order valence-corrected chi connectivity index (χ0v) is 15.0. The van der Waals surface area contributed by atoms with E-state index in [4.69, 9.17) is 28.0 Å². The van der Waals surface area contributed by atoms with Gasteiger partial charge in [-0.1, -0.05) is 28.4 Å². The Bertz CT molecular complexity index is 772. The highest BCUT2D eigenvalue weighted by Gasteiger charge is 2.62. The summed E-state index contributed by atoms with van der Waals surface area (Å²) in [7, 11) is 0. The summed E-state index contributed by atoms with van der Waals surface area (Å²) in [4.78, 5) is 5.52. The van der Waals surface area contributed by atoms with E-state index in [0.717, 1.165) is 3.79 Å². The maximum Gasteiger partial charge on any atom is 0.435 e. The van der Waals surface area contributed by atoms with E-state index >= 15 is 0 Å². The van der Waals surface area contributed by atoms with Crippen LogP contribution < -0.4 is 0 Å². The minimum atomic E-state index is -4.68. The lowest BCUT2D eigenvalue weighted by Gasteiger charge is -2.29. The average Bonchev–Trinajstić information content (AvgIpc) is 3.03. The molecule has 23 heavy (non-hydrogen) atoms. The predicted octanol–water partition coefficient (Wildman–Crippen LogP) is 6.40. The van der Waals surface area contributed by atoms with E-state index in [1.807, 2.05) is 0 Å². The molecule has 1 unspecified atom stereocenters. The first kappa shape index (κ1) is 17.1. The molecule has 0 amide bonds. The van der Waals surface area contributed by atoms with Crippen molar-refractivity contribution in [3.63, 3.8) is 0 Å². The van der Waals surface area contributed by atoms with Crippen LogP contribution in [0, 0.1) is 0 Å². The molecule has 1 aromatic carbocycles. The Morgan fingerprint density at radius 3 is 2.35 bits per heavy atom. The van der Waals surface area contributed by atoms with Crippen LogP contribution >= 0.6 is 50.5 Å². The second-order valence-electron chi connectivity index (χ2n) is 4.89. The molecule has 0 fully saturated rings. The lowest BCUT2D eigenvalue weighted by atomic mass is 9.88. The Morgan fingerprint density at radius 1 is 1.17 bits per heavy atom. The van der Waals surface area contributed by atoms with Gasteiger partial charge in [0.1, 0.15) is 5.71 Å². The van der Waals surface area contributed by atoms with Crippen LogP contribution in [0.2, 0.25) is 10.0 Å². The molecular weight excluding hydrogens is 438 g/mol. The molecular formula is C14H7BrCl2F3NOS. The van der Waals surface area contributed by atoms with Gasteiger partial charge in [-0.05, 0) is 46.3 Å². The van der Waals surface area contributed by atoms with Gasteiger partial charge in [0.15, 0.2) is 0 Å². The fourth-order valence-corrected chi connectivity index (χ4v) is 4.18. The molecule has 0 bridgehead atoms. The molecule has 1 aromatic heterocycles. The van der Waals surface area contributed by atoms with E-state index in [2.05, 4.69) is 21.1 Å². The fourth-order valence-electron chi connectivity index (χ4n) is 2.29. The van der Waals surface area contributed by atoms with Crippen LogP contribution in [0.25, 0.3) is 0 Å². The van der Waals surface area contributed by atoms with Crippen molar-refractivity contribution in [2.75, 3.05) is 0 Å². The Balaban J connectivity index is 2.04. The molecule has 2 heterocycles. The molecule has 3 rings (SSSR count). The Kier molecular flexibility index (Phi) is 4.42. The van der Waals surface area contributed by atoms with E-state index in [-0.39, 0.29) is 21.3 Å². The first-order chi connectivity index (χ1) is 10.7. The number of alkyl halides is 3. The number of nitrogens with zero attached hydrogens (tertiary/aromatic N) is 1. The van der Waals surface area contributed by atoms with Crippen molar-refractivity contribution < 1.29 is 18.0 Å². The van der Waals surface area contributed by atoms with Gasteiger partial charge in [0.05, 0.1) is 15.1 Å². The standard InChI is InChI=1S/C14H7BrCl2F3NOS/c15-12-2-1-11(23-12)10-6-13(22-21-10,14(18,19)20)7-3-8(16)5-9(17)4-7/h1-5H,6H2. The highest BCUT2D eigenvalue weighted by Crippen LogP contribution is 2.50. The topological polar surface area (TPSA) is 21.6 Å². The van der Waals surface area contributed by atoms with Crippen LogP contribution in [-0.4, -0.2) is 11.9 Å². The molecule has 0 aliphatic carbocycles. The first-order valence-corrected chi connectivity index (χ1v) is 8.62. The lowest BCUT2D eigenvalue weighted by Crippen LogP contribution is -2.42. The number of rotatable bonds is 2. The third-order valence-electron chi connectivity index (χ3n) is 3.37. The molecule has 0 spiro atoms. The molecule has 1 atom stereocenters. The van der Waals surface area contributed by atoms with Gasteiger partial charge in [-0.2, -0.15) is 13.2 Å². The zero-order valence-electron chi connectivity index (χ0n) is 11.1. The molecule has 0 radical (unpaired) electrons. The second kappa shape index (κ2) is 5.95. The van der Waals surface area contributed by atoms with Crippen LogP contribution in [0.15, 0.2) is 39.3 Å². The third kappa shape index (κ3) is 3.12. The molecule has 0 saturated carbocycles. The number of hydrogen-bond acceptors (Lipinski definition) is 3. The molecule has 1 aliphatic heterocycles. The van der Waals surface area contributed by atoms with Gasteiger partial charge in [-0.3, -0.25) is 0 Å². The maximum absolute atomic E-state index is 13.8. The van der Waals surface area contributed by atoms with Crippen LogP contribution in [0.1, 0.15) is 16.9 Å². The second-order valence-corrected chi connectivity index (χ2v) is 8.23. The monoisotopic (exact) mass is 443 g/mol. The van der Waals surface area contributed by atoms with Gasteiger partial charge < -0.3 is 4.84 Å². The normalized spacial score (nSPS) is 21.2. The number of thiophene rings is 1. The number of benzene rings is 1. The van der Waals surface area contributed by atoms with Gasteiger partial charge in [0.2, 0.25) is 0 Å². The zero-order chi connectivity index (χ0) is 16.8. The van der Waals surface area contributed by atoms with Gasteiger partial charge in [-0.25, -0.2) is 0 Å². The average molecular weight is 445 g/mol. The summed E-state index contributed by atoms with van der Waals surface area (Å²) in [6.07, 6.45) is -5.12. The van der Waals surface area contributed by atoms with E-state index in [1.165, 1.54) is 29.5 Å². The van der Waals surface area contributed by atoms with Gasteiger partial charge in [0, 0.05) is 15.6 Å². The summed E-state index contributed by atoms with van der Waals surface area (Å²) in [5.41, 5.74) is -2.53. The van der Waals surface area contributed by atoms with Crippen molar-refractivity contribution in [1.82, 2.24) is 0 Å². The molecule has 2 nitrogen and oxygen atoms in total. The Labute approximate surface area is 152 Å². The van der Waals surface area contributed by atoms with Gasteiger partial charge in [0.25, 0.3) is 5.60 Å². The molecule has 0 N–H and O–H groups in total. The largest absolute Gasteiger partial charge is 0.435 e. The number of halogens is 6. The van der Waals surface area contributed by atoms with Gasteiger partial charge in [-0.15, -0.1) is 11.3 Å². The van der Waals surface area contributed by atoms with Crippen LogP contribution in [0.3, 0.4) is 0 Å². The van der Waals surface area contributed by atoms with E-state index in [0.29, 0.717) is 4.88 Å². The summed E-state index contributed by atoms with van der Waals surface area (Å²) in [5.74, 6) is 0. The smallest absolute Gasteiger partial charge is 0.374 e. The molecule has 1 aliphatic rings. The third-order valence-corrected chi connectivity index (χ3v) is 5.48. The molecule has 9 heteroatoms. The van der Waals surface area contributed by atoms with E-state index in [9.17, 15) is 13.2 Å². The van der Waals surface area contributed by atoms with Crippen molar-refractivity contribution >= 4 is 56.2 Å². The summed E-state index contributed by atoms with van der Waals surface area (Å²) in [5, 5.41) is 3.88. The SMILES string of the molecule is FC(F)(F)C1(c2cc(Cl)cc(Cl)c2)CC(c2ccc(Br)s2)=NO1. The van der Waals surface area contributed by atoms with E-state index in [1.54, 1.807) is 12.1 Å². The highest BCUT2D eigenvalue weighted by atomic mass is 79.9. The summed E-state index contributed by atoms with van der Waals surface area (Å²) in [6.45, 7) is 0. The summed E-state index contributed by atoms with van der Waals surface area (Å²) >= 11 is 16.3. The lowest BCUT2D eigenvalue weighted by molar-refractivity contribution is -0.275. The predicted molar refractivity (Wildman–Crippen MR) is 88.5 cm³/mol. The molecule has 122 valence electrons. The van der Waals surface area contributed by atoms with Gasteiger partial charge >= 0.3 is 6.18 Å². The quantitative estimate of drug-likeness (QED) is 0.525. The highest BCUT2D eigenvalue weighted by molar-refractivity contribution is 9.11. The Hall–Kier alpha value is -0.760. The minimum Gasteiger partial charge on any atom is -0.374 e. The Morgan fingerprint density at radius 2 is 1.83 bits per heavy atom. The first-order valence-electron chi connectivity index (χ1n) is 6.25. The fraction of sp³-hybridized carbons (Fsp3) is 0.214. The van der Waals surface area contributed by atoms with Crippen molar-refractivity contribution in [1.29, 1.82) is 0 Å². The van der Waals surface area contributed by atoms with Crippen molar-refractivity contribution in [2.45, 2.75) is 18.2 Å². The molecule has 0 saturated heterocycles. The number of hydrogen-bond donors (Lipinski definition) is 0. The van der Waals surface area contributed by atoms with Crippen LogP contribution in [0.5, 0.6) is 0 Å². The summed E-state index contributed by atoms with van der Waals surface area (Å²) < 4.78 is 42.1.